The molecule has 212 valence electrons. The molecule has 3 heterocycles. The number of H-pyrrole nitrogens is 1. The lowest BCUT2D eigenvalue weighted by atomic mass is 9.96. The van der Waals surface area contributed by atoms with Crippen molar-refractivity contribution in [3.63, 3.8) is 0 Å². The Morgan fingerprint density at radius 1 is 0.929 bits per heavy atom. The predicted molar refractivity (Wildman–Crippen MR) is 159 cm³/mol. The molecule has 1 amide bonds. The Kier molecular flexibility index (Phi) is 6.57. The number of aromatic nitrogens is 1. The molecule has 42 heavy (non-hydrogen) atoms. The topological polar surface area (TPSA) is 146 Å². The molecule has 1 unspecified atom stereocenters. The number of phenolic OH excluding ortho intramolecular Hbond substituents is 1. The summed E-state index contributed by atoms with van der Waals surface area (Å²) >= 11 is 0. The minimum Gasteiger partial charge on any atom is -0.508 e. The number of aliphatic carboxylic acids is 1. The molecule has 3 aromatic heterocycles. The van der Waals surface area contributed by atoms with Gasteiger partial charge in [-0.1, -0.05) is 30.3 Å². The fraction of sp³-hybridized carbons (Fsp3) is 0.182. The van der Waals surface area contributed by atoms with Gasteiger partial charge in [-0.05, 0) is 61.7 Å². The molecule has 0 aliphatic rings. The second-order valence-corrected chi connectivity index (χ2v) is 10.5. The number of benzene rings is 3. The second kappa shape index (κ2) is 10.3. The first-order chi connectivity index (χ1) is 20.1. The average Bonchev–Trinajstić information content (AvgIpc) is 3.51. The Balaban J connectivity index is 1.34. The Morgan fingerprint density at radius 3 is 2.40 bits per heavy atom. The monoisotopic (exact) mass is 564 g/mol. The predicted octanol–water partition coefficient (Wildman–Crippen LogP) is 5.67. The molecule has 9 heteroatoms. The summed E-state index contributed by atoms with van der Waals surface area (Å²) in [4.78, 5) is 41.3. The van der Waals surface area contributed by atoms with Gasteiger partial charge in [0.25, 0.3) is 0 Å². The number of furan rings is 1. The highest BCUT2D eigenvalue weighted by Gasteiger charge is 2.25. The fourth-order valence-corrected chi connectivity index (χ4v) is 5.70. The van der Waals surface area contributed by atoms with E-state index in [0.717, 1.165) is 27.8 Å². The van der Waals surface area contributed by atoms with Gasteiger partial charge in [0.05, 0.1) is 12.0 Å². The number of carbonyl (C=O) groups excluding carboxylic acids is 1. The highest BCUT2D eigenvalue weighted by atomic mass is 16.4. The Bertz CT molecular complexity index is 2080. The van der Waals surface area contributed by atoms with E-state index in [9.17, 15) is 24.6 Å². The molecule has 3 aromatic carbocycles. The van der Waals surface area contributed by atoms with Crippen LogP contribution in [0.3, 0.4) is 0 Å². The number of hydrogen-bond acceptors (Lipinski definition) is 6. The number of nitrogens with one attached hydrogen (secondary N) is 2. The minimum atomic E-state index is -1.25. The summed E-state index contributed by atoms with van der Waals surface area (Å²) in [6, 6.07) is 15.3. The van der Waals surface area contributed by atoms with Gasteiger partial charge in [0, 0.05) is 45.4 Å². The summed E-state index contributed by atoms with van der Waals surface area (Å²) < 4.78 is 11.8. The van der Waals surface area contributed by atoms with Crippen molar-refractivity contribution in [1.82, 2.24) is 10.3 Å². The normalized spacial score (nSPS) is 12.3. The van der Waals surface area contributed by atoms with Gasteiger partial charge in [0.1, 0.15) is 28.7 Å². The lowest BCUT2D eigenvalue weighted by Gasteiger charge is -2.15. The first kappa shape index (κ1) is 26.9. The number of aryl methyl sites for hydroxylation is 3. The average molecular weight is 565 g/mol. The molecule has 9 nitrogen and oxygen atoms in total. The maximum Gasteiger partial charge on any atom is 0.340 e. The van der Waals surface area contributed by atoms with E-state index < -0.39 is 23.5 Å². The van der Waals surface area contributed by atoms with E-state index in [1.807, 2.05) is 50.2 Å². The van der Waals surface area contributed by atoms with E-state index in [2.05, 4.69) is 10.3 Å². The lowest BCUT2D eigenvalue weighted by Crippen LogP contribution is -2.43. The molecule has 0 aliphatic carbocycles. The number of fused-ring (bicyclic) bond motifs is 3. The van der Waals surface area contributed by atoms with Crippen molar-refractivity contribution in [2.45, 2.75) is 39.7 Å². The van der Waals surface area contributed by atoms with Crippen LogP contribution < -0.4 is 10.9 Å². The first-order valence-corrected chi connectivity index (χ1v) is 13.5. The van der Waals surface area contributed by atoms with Crippen LogP contribution in [0.2, 0.25) is 0 Å². The van der Waals surface area contributed by atoms with Gasteiger partial charge in [0.2, 0.25) is 5.91 Å². The number of hydrogen-bond donors (Lipinski definition) is 4. The zero-order chi connectivity index (χ0) is 29.7. The van der Waals surface area contributed by atoms with Gasteiger partial charge in [-0.25, -0.2) is 9.59 Å². The zero-order valence-electron chi connectivity index (χ0n) is 23.2. The maximum absolute atomic E-state index is 13.1. The van der Waals surface area contributed by atoms with Crippen molar-refractivity contribution in [2.75, 3.05) is 0 Å². The van der Waals surface area contributed by atoms with Crippen molar-refractivity contribution >= 4 is 44.7 Å². The number of carbonyl (C=O) groups is 2. The van der Waals surface area contributed by atoms with Gasteiger partial charge in [-0.3, -0.25) is 4.79 Å². The molecule has 4 N–H and O–H groups in total. The van der Waals surface area contributed by atoms with Crippen molar-refractivity contribution in [3.05, 3.63) is 99.2 Å². The summed E-state index contributed by atoms with van der Waals surface area (Å²) in [7, 11) is 0. The van der Waals surface area contributed by atoms with Crippen LogP contribution in [0.1, 0.15) is 28.0 Å². The van der Waals surface area contributed by atoms with Crippen molar-refractivity contribution in [3.8, 4) is 16.9 Å². The molecule has 6 aromatic rings. The number of aromatic hydroxyl groups is 1. The maximum atomic E-state index is 13.1. The number of amides is 1. The second-order valence-electron chi connectivity index (χ2n) is 10.5. The number of phenols is 1. The molecular weight excluding hydrogens is 536 g/mol. The van der Waals surface area contributed by atoms with Gasteiger partial charge in [0.15, 0.2) is 0 Å². The summed E-state index contributed by atoms with van der Waals surface area (Å²) in [6.07, 6.45) is 1.28. The standard InChI is InChI=1S/C33H28N2O7/c1-16-22-13-25-29(19-7-5-4-6-8-19)18(3)41-31(25)17(2)30(22)42-33(40)23(16)14-28(37)35-27(32(38)39)11-20-15-34-26-10-9-21(36)12-24(20)26/h4-10,12-13,15,27,34,36H,11,14H2,1-3H3,(H,35,37)(H,38,39). The molecule has 1 atom stereocenters. The van der Waals surface area contributed by atoms with Crippen LogP contribution in [-0.4, -0.2) is 33.1 Å². The highest BCUT2D eigenvalue weighted by molar-refractivity contribution is 6.06. The van der Waals surface area contributed by atoms with Gasteiger partial charge >= 0.3 is 11.6 Å². The molecule has 6 rings (SSSR count). The van der Waals surface area contributed by atoms with E-state index >= 15 is 0 Å². The SMILES string of the molecule is Cc1oc2c(C)c3oc(=O)c(CC(=O)NC(Cc4c[nH]c5ccc(O)cc45)C(=O)O)c(C)c3cc2c1-c1ccccc1. The molecule has 0 saturated carbocycles. The fourth-order valence-electron chi connectivity index (χ4n) is 5.70. The molecule has 0 fully saturated rings. The minimum absolute atomic E-state index is 0.0187. The molecule has 0 aliphatic heterocycles. The summed E-state index contributed by atoms with van der Waals surface area (Å²) in [5.41, 5.74) is 5.05. The van der Waals surface area contributed by atoms with Crippen LogP contribution in [0.5, 0.6) is 5.75 Å². The van der Waals surface area contributed by atoms with Crippen LogP contribution in [0.4, 0.5) is 0 Å². The number of aromatic amines is 1. The number of carboxylic acids is 1. The van der Waals surface area contributed by atoms with Gasteiger partial charge < -0.3 is 29.3 Å². The Hall–Kier alpha value is -5.31. The van der Waals surface area contributed by atoms with Crippen LogP contribution in [-0.2, 0) is 22.4 Å². The number of rotatable bonds is 7. The van der Waals surface area contributed by atoms with Gasteiger partial charge in [-0.15, -0.1) is 0 Å². The van der Waals surface area contributed by atoms with Gasteiger partial charge in [-0.2, -0.15) is 0 Å². The quantitative estimate of drug-likeness (QED) is 0.183. The van der Waals surface area contributed by atoms with Crippen LogP contribution in [0, 0.1) is 20.8 Å². The third kappa shape index (κ3) is 4.58. The number of carboxylic acid groups (broad SMARTS) is 1. The van der Waals surface area contributed by atoms with Crippen molar-refractivity contribution in [2.24, 2.45) is 0 Å². The third-order valence-electron chi connectivity index (χ3n) is 7.84. The molecule has 0 radical (unpaired) electrons. The zero-order valence-corrected chi connectivity index (χ0v) is 23.2. The van der Waals surface area contributed by atoms with Crippen LogP contribution in [0.15, 0.2) is 74.4 Å². The highest BCUT2D eigenvalue weighted by Crippen LogP contribution is 2.39. The Morgan fingerprint density at radius 2 is 1.67 bits per heavy atom. The summed E-state index contributed by atoms with van der Waals surface area (Å²) in [6.45, 7) is 5.48. The van der Waals surface area contributed by atoms with E-state index in [0.29, 0.717) is 38.6 Å². The van der Waals surface area contributed by atoms with Crippen molar-refractivity contribution < 1.29 is 28.6 Å². The molecule has 0 saturated heterocycles. The van der Waals surface area contributed by atoms with Crippen LogP contribution in [0.25, 0.3) is 44.0 Å². The third-order valence-corrected chi connectivity index (χ3v) is 7.84. The smallest absolute Gasteiger partial charge is 0.340 e. The molecular formula is C33H28N2O7. The van der Waals surface area contributed by atoms with Crippen LogP contribution >= 0.6 is 0 Å². The lowest BCUT2D eigenvalue weighted by molar-refractivity contribution is -0.141. The molecule has 0 bridgehead atoms. The Labute approximate surface area is 239 Å². The van der Waals surface area contributed by atoms with E-state index in [4.69, 9.17) is 8.83 Å². The van der Waals surface area contributed by atoms with Crippen molar-refractivity contribution in [1.29, 1.82) is 0 Å². The van der Waals surface area contributed by atoms with E-state index in [1.165, 1.54) is 12.1 Å². The summed E-state index contributed by atoms with van der Waals surface area (Å²) in [5.74, 6) is -1.06. The first-order valence-electron chi connectivity index (χ1n) is 13.5. The summed E-state index contributed by atoms with van der Waals surface area (Å²) in [5, 5.41) is 24.5. The van der Waals surface area contributed by atoms with E-state index in [1.54, 1.807) is 19.2 Å². The largest absolute Gasteiger partial charge is 0.508 e. The molecule has 0 spiro atoms. The van der Waals surface area contributed by atoms with E-state index in [-0.39, 0.29) is 24.2 Å².